The third kappa shape index (κ3) is 4.37. The van der Waals surface area contributed by atoms with Crippen molar-refractivity contribution in [1.29, 1.82) is 0 Å². The highest BCUT2D eigenvalue weighted by Crippen LogP contribution is 2.42. The average molecular weight is 579 g/mol. The van der Waals surface area contributed by atoms with Gasteiger partial charge in [0.05, 0.1) is 28.0 Å². The summed E-state index contributed by atoms with van der Waals surface area (Å²) in [7, 11) is 0. The molecule has 1 fully saturated rings. The lowest BCUT2D eigenvalue weighted by atomic mass is 9.81. The van der Waals surface area contributed by atoms with E-state index >= 15 is 0 Å². The van der Waals surface area contributed by atoms with E-state index in [2.05, 4.69) is 15.3 Å². The lowest BCUT2D eigenvalue weighted by Crippen LogP contribution is -2.54. The SMILES string of the molecule is O=C1CCC(N2C(=O)c3cccc(N=CC4=C(O)CC(c5cccc6[nH]cc(C(F)(F)F)c56)CC4=O)c3C2=O)C(=O)N1. The van der Waals surface area contributed by atoms with Crippen LogP contribution < -0.4 is 5.32 Å². The van der Waals surface area contributed by atoms with Gasteiger partial charge < -0.3 is 10.1 Å². The molecule has 0 bridgehead atoms. The number of carbonyl (C=O) groups is 5. The molecule has 1 aromatic heterocycles. The number of nitrogens with one attached hydrogen (secondary N) is 2. The number of aliphatic imine (C=N–C) groups is 1. The van der Waals surface area contributed by atoms with E-state index in [1.165, 1.54) is 30.3 Å². The van der Waals surface area contributed by atoms with Crippen molar-refractivity contribution in [2.45, 2.75) is 43.8 Å². The Kier molecular flexibility index (Phi) is 6.32. The van der Waals surface area contributed by atoms with E-state index in [9.17, 15) is 42.3 Å². The first-order valence-electron chi connectivity index (χ1n) is 13.0. The maximum Gasteiger partial charge on any atom is 0.418 e. The van der Waals surface area contributed by atoms with Gasteiger partial charge in [0.1, 0.15) is 11.8 Å². The molecule has 3 N–H and O–H groups in total. The number of aromatic amines is 1. The van der Waals surface area contributed by atoms with Gasteiger partial charge >= 0.3 is 6.18 Å². The van der Waals surface area contributed by atoms with Crippen LogP contribution >= 0.6 is 0 Å². The minimum atomic E-state index is -4.62. The third-order valence-electron chi connectivity index (χ3n) is 7.74. The number of halogens is 3. The van der Waals surface area contributed by atoms with Crippen LogP contribution in [0.5, 0.6) is 0 Å². The van der Waals surface area contributed by atoms with Crippen molar-refractivity contribution < 1.29 is 42.3 Å². The van der Waals surface area contributed by atoms with Crippen LogP contribution in [0.4, 0.5) is 18.9 Å². The number of aliphatic hydroxyl groups is 1. The molecule has 2 aliphatic heterocycles. The van der Waals surface area contributed by atoms with Gasteiger partial charge in [-0.15, -0.1) is 0 Å². The molecule has 42 heavy (non-hydrogen) atoms. The van der Waals surface area contributed by atoms with Crippen molar-refractivity contribution in [3.63, 3.8) is 0 Å². The lowest BCUT2D eigenvalue weighted by molar-refractivity contribution is -0.137. The summed E-state index contributed by atoms with van der Waals surface area (Å²) in [5.41, 5.74) is -0.583. The van der Waals surface area contributed by atoms with Crippen LogP contribution in [0, 0.1) is 0 Å². The number of allylic oxidation sites excluding steroid dienone is 2. The number of piperidine rings is 1. The summed E-state index contributed by atoms with van der Waals surface area (Å²) in [5, 5.41) is 12.8. The van der Waals surface area contributed by atoms with Crippen molar-refractivity contribution in [2.24, 2.45) is 4.99 Å². The monoisotopic (exact) mass is 578 g/mol. The van der Waals surface area contributed by atoms with Gasteiger partial charge in [0.25, 0.3) is 11.8 Å². The molecule has 10 nitrogen and oxygen atoms in total. The number of hydrogen-bond donors (Lipinski definition) is 3. The summed E-state index contributed by atoms with van der Waals surface area (Å²) in [4.78, 5) is 70.9. The Labute approximate surface area is 234 Å². The number of aromatic nitrogens is 1. The molecule has 0 saturated carbocycles. The molecule has 0 spiro atoms. The molecule has 1 aliphatic carbocycles. The Morgan fingerprint density at radius 2 is 1.76 bits per heavy atom. The van der Waals surface area contributed by atoms with Gasteiger partial charge in [-0.3, -0.25) is 39.2 Å². The fraction of sp³-hybridized carbons (Fsp3) is 0.241. The predicted molar refractivity (Wildman–Crippen MR) is 141 cm³/mol. The zero-order valence-corrected chi connectivity index (χ0v) is 21.6. The largest absolute Gasteiger partial charge is 0.511 e. The van der Waals surface area contributed by atoms with E-state index in [0.29, 0.717) is 0 Å². The number of carbonyl (C=O) groups excluding carboxylic acids is 5. The van der Waals surface area contributed by atoms with Gasteiger partial charge in [-0.25, -0.2) is 0 Å². The van der Waals surface area contributed by atoms with Gasteiger partial charge in [-0.05, 0) is 36.1 Å². The second-order valence-corrected chi connectivity index (χ2v) is 10.3. The van der Waals surface area contributed by atoms with Crippen molar-refractivity contribution in [1.82, 2.24) is 15.2 Å². The van der Waals surface area contributed by atoms with Gasteiger partial charge in [0.15, 0.2) is 5.78 Å². The maximum atomic E-state index is 13.6. The highest BCUT2D eigenvalue weighted by Gasteiger charge is 2.45. The van der Waals surface area contributed by atoms with Gasteiger partial charge in [-0.2, -0.15) is 13.2 Å². The quantitative estimate of drug-likeness (QED) is 0.311. The minimum absolute atomic E-state index is 0.00680. The molecule has 2 aromatic carbocycles. The fourth-order valence-electron chi connectivity index (χ4n) is 5.79. The Morgan fingerprint density at radius 1 is 1.00 bits per heavy atom. The minimum Gasteiger partial charge on any atom is -0.511 e. The summed E-state index contributed by atoms with van der Waals surface area (Å²) < 4.78 is 40.9. The molecule has 13 heteroatoms. The van der Waals surface area contributed by atoms with Crippen molar-refractivity contribution in [3.05, 3.63) is 76.2 Å². The number of benzene rings is 2. The molecule has 4 amide bonds. The number of ketones is 1. The Hall–Kier alpha value is -5.07. The normalized spacial score (nSPS) is 21.6. The van der Waals surface area contributed by atoms with Crippen molar-refractivity contribution in [2.75, 3.05) is 0 Å². The van der Waals surface area contributed by atoms with Crippen LogP contribution in [0.3, 0.4) is 0 Å². The van der Waals surface area contributed by atoms with Crippen LogP contribution in [0.15, 0.2) is 58.9 Å². The number of H-pyrrole nitrogens is 1. The summed E-state index contributed by atoms with van der Waals surface area (Å²) in [6.07, 6.45) is -3.06. The Balaban J connectivity index is 1.29. The molecular weight excluding hydrogens is 557 g/mol. The fourth-order valence-corrected chi connectivity index (χ4v) is 5.79. The topological polar surface area (TPSA) is 149 Å². The molecule has 6 rings (SSSR count). The third-order valence-corrected chi connectivity index (χ3v) is 7.74. The van der Waals surface area contributed by atoms with Crippen molar-refractivity contribution >= 4 is 52.2 Å². The summed E-state index contributed by atoms with van der Waals surface area (Å²) in [6.45, 7) is 0. The van der Waals surface area contributed by atoms with Gasteiger partial charge in [0.2, 0.25) is 11.8 Å². The van der Waals surface area contributed by atoms with Crippen LogP contribution in [-0.2, 0) is 20.6 Å². The molecule has 3 aliphatic rings. The number of alkyl halides is 3. The van der Waals surface area contributed by atoms with E-state index < -0.39 is 53.1 Å². The second-order valence-electron chi connectivity index (χ2n) is 10.3. The average Bonchev–Trinajstić information content (AvgIpc) is 3.48. The van der Waals surface area contributed by atoms with E-state index in [1.54, 1.807) is 6.07 Å². The van der Waals surface area contributed by atoms with Crippen molar-refractivity contribution in [3.8, 4) is 0 Å². The van der Waals surface area contributed by atoms with E-state index in [0.717, 1.165) is 17.3 Å². The van der Waals surface area contributed by atoms with E-state index in [1.807, 2.05) is 0 Å². The van der Waals surface area contributed by atoms with Crippen LogP contribution in [0.1, 0.15) is 63.4 Å². The highest BCUT2D eigenvalue weighted by atomic mass is 19.4. The van der Waals surface area contributed by atoms with E-state index in [-0.39, 0.29) is 70.3 Å². The molecule has 2 atom stereocenters. The van der Waals surface area contributed by atoms with Crippen LogP contribution in [0.2, 0.25) is 0 Å². The number of fused-ring (bicyclic) bond motifs is 2. The molecular formula is C29H21F3N4O6. The second kappa shape index (κ2) is 9.79. The zero-order chi connectivity index (χ0) is 29.9. The molecule has 3 heterocycles. The number of Topliss-reactive ketones (excluding diaryl/α,β-unsaturated/α-hetero) is 1. The number of nitrogens with zero attached hydrogens (tertiary/aromatic N) is 2. The molecule has 214 valence electrons. The van der Waals surface area contributed by atoms with Crippen LogP contribution in [-0.4, -0.2) is 56.7 Å². The van der Waals surface area contributed by atoms with Crippen LogP contribution in [0.25, 0.3) is 10.9 Å². The Morgan fingerprint density at radius 3 is 2.48 bits per heavy atom. The standard InChI is InChI=1S/C29H21F3N4O6/c30-29(31,32)17-12-34-18-5-1-3-14(24(17)18)13-9-21(37)16(22(38)10-13)11-33-19-6-2-4-15-25(19)28(42)36(27(15)41)20-7-8-23(39)35-26(20)40/h1-6,11-13,20,34,37H,7-10H2,(H,35,39,40). The molecule has 0 radical (unpaired) electrons. The zero-order valence-electron chi connectivity index (χ0n) is 21.6. The first-order valence-corrected chi connectivity index (χ1v) is 13.0. The smallest absolute Gasteiger partial charge is 0.418 e. The maximum absolute atomic E-state index is 13.6. The number of amides is 4. The molecule has 1 saturated heterocycles. The first-order chi connectivity index (χ1) is 20.0. The Bertz CT molecular complexity index is 1790. The van der Waals surface area contributed by atoms with E-state index in [4.69, 9.17) is 0 Å². The number of hydrogen-bond acceptors (Lipinski definition) is 7. The number of imide groups is 2. The summed E-state index contributed by atoms with van der Waals surface area (Å²) in [6, 6.07) is 7.68. The summed E-state index contributed by atoms with van der Waals surface area (Å²) >= 11 is 0. The number of aliphatic hydroxyl groups excluding tert-OH is 1. The lowest BCUT2D eigenvalue weighted by Gasteiger charge is -2.27. The number of rotatable bonds is 4. The summed E-state index contributed by atoms with van der Waals surface area (Å²) in [5.74, 6) is -4.44. The molecule has 2 unspecified atom stereocenters. The predicted octanol–water partition coefficient (Wildman–Crippen LogP) is 4.25. The highest BCUT2D eigenvalue weighted by molar-refractivity contribution is 6.25. The molecule has 3 aromatic rings. The first kappa shape index (κ1) is 27.1. The van der Waals surface area contributed by atoms with Gasteiger partial charge in [-0.1, -0.05) is 18.2 Å². The van der Waals surface area contributed by atoms with Gasteiger partial charge in [0, 0.05) is 42.6 Å².